The molecule has 1 aromatic rings. The molecule has 0 unspecified atom stereocenters. The van der Waals surface area contributed by atoms with Gasteiger partial charge in [-0.1, -0.05) is 35.4 Å². The molecule has 0 saturated carbocycles. The molecule has 0 amide bonds. The molecule has 0 fully saturated rings. The van der Waals surface area contributed by atoms with E-state index in [4.69, 9.17) is 0 Å². The summed E-state index contributed by atoms with van der Waals surface area (Å²) in [5.74, 6) is 0. The molecular weight excluding hydrogens is 105 g/mol. The van der Waals surface area contributed by atoms with Gasteiger partial charge in [0, 0.05) is 0 Å². The summed E-state index contributed by atoms with van der Waals surface area (Å²) in [7, 11) is 0. The quantitative estimate of drug-likeness (QED) is 0.450. The Morgan fingerprint density at radius 2 is 1.00 bits per heavy atom. The van der Waals surface area contributed by atoms with Gasteiger partial charge < -0.3 is 0 Å². The first-order valence-electron chi connectivity index (χ1n) is 2.82. The van der Waals surface area contributed by atoms with E-state index < -0.39 is 0 Å². The van der Waals surface area contributed by atoms with Gasteiger partial charge in [0.05, 0.1) is 0 Å². The third kappa shape index (κ3) is 2.43. The topological polar surface area (TPSA) is 0 Å². The molecule has 0 aliphatic carbocycles. The van der Waals surface area contributed by atoms with Crippen molar-refractivity contribution in [3.63, 3.8) is 0 Å². The molecule has 0 aromatic heterocycles. The van der Waals surface area contributed by atoms with Crippen LogP contribution in [0.4, 0.5) is 0 Å². The predicted octanol–water partition coefficient (Wildman–Crippen LogP) is 1.39. The summed E-state index contributed by atoms with van der Waals surface area (Å²) < 4.78 is 0. The average molecular weight is 117 g/mol. The van der Waals surface area contributed by atoms with Gasteiger partial charge in [-0.15, -0.1) is 0 Å². The van der Waals surface area contributed by atoms with Crippen LogP contribution in [0.3, 0.4) is 0 Å². The Balaban J connectivity index is 0.000000640. The van der Waals surface area contributed by atoms with Crippen LogP contribution in [0.2, 0.25) is 0 Å². The predicted molar refractivity (Wildman–Crippen MR) is 44.5 cm³/mol. The van der Waals surface area contributed by atoms with E-state index in [0.717, 1.165) is 0 Å². The zero-order valence-corrected chi connectivity index (χ0v) is 5.31. The van der Waals surface area contributed by atoms with Crippen LogP contribution in [0.1, 0.15) is 11.1 Å². The van der Waals surface area contributed by atoms with Crippen molar-refractivity contribution in [1.82, 2.24) is 0 Å². The molecular formula is C8H12Be. The van der Waals surface area contributed by atoms with Crippen LogP contribution < -0.4 is 0 Å². The van der Waals surface area contributed by atoms with Gasteiger partial charge in [-0.3, -0.25) is 0 Å². The van der Waals surface area contributed by atoms with Crippen LogP contribution in [0.15, 0.2) is 24.3 Å². The first kappa shape index (κ1) is 8.39. The Labute approximate surface area is 60.1 Å². The van der Waals surface area contributed by atoms with Crippen LogP contribution >= 0.6 is 0 Å². The molecule has 0 spiro atoms. The Kier molecular flexibility index (Phi) is 3.19. The molecule has 0 nitrogen and oxygen atoms in total. The summed E-state index contributed by atoms with van der Waals surface area (Å²) in [6, 6.07) is 8.48. The van der Waals surface area contributed by atoms with Crippen LogP contribution in [0.5, 0.6) is 0 Å². The van der Waals surface area contributed by atoms with E-state index in [2.05, 4.69) is 38.1 Å². The molecule has 0 N–H and O–H groups in total. The van der Waals surface area contributed by atoms with E-state index in [1.165, 1.54) is 11.1 Å². The fourth-order valence-corrected chi connectivity index (χ4v) is 0.637. The molecule has 46 valence electrons. The van der Waals surface area contributed by atoms with E-state index in [0.29, 0.717) is 0 Å². The van der Waals surface area contributed by atoms with Crippen molar-refractivity contribution < 1.29 is 0 Å². The fourth-order valence-electron chi connectivity index (χ4n) is 0.637. The van der Waals surface area contributed by atoms with E-state index in [-0.39, 0.29) is 10.1 Å². The van der Waals surface area contributed by atoms with E-state index in [1.54, 1.807) is 0 Å². The SMILES string of the molecule is Cc1ccc(C)cc1.[BeH2]. The molecule has 9 heavy (non-hydrogen) atoms. The molecule has 0 bridgehead atoms. The van der Waals surface area contributed by atoms with Crippen molar-refractivity contribution in [2.24, 2.45) is 0 Å². The van der Waals surface area contributed by atoms with E-state index in [1.807, 2.05) is 0 Å². The molecule has 0 aliphatic heterocycles. The summed E-state index contributed by atoms with van der Waals surface area (Å²) in [6.07, 6.45) is 0. The van der Waals surface area contributed by atoms with Gasteiger partial charge in [-0.05, 0) is 13.8 Å². The van der Waals surface area contributed by atoms with Crippen molar-refractivity contribution in [3.05, 3.63) is 35.4 Å². The molecule has 0 radical (unpaired) electrons. The Hall–Kier alpha value is -0.611. The van der Waals surface area contributed by atoms with Crippen molar-refractivity contribution in [1.29, 1.82) is 0 Å². The monoisotopic (exact) mass is 117 g/mol. The van der Waals surface area contributed by atoms with Crippen molar-refractivity contribution in [2.45, 2.75) is 13.8 Å². The summed E-state index contributed by atoms with van der Waals surface area (Å²) in [6.45, 7) is 4.19. The molecule has 0 atom stereocenters. The Morgan fingerprint density at radius 3 is 1.22 bits per heavy atom. The minimum atomic E-state index is 0. The third-order valence-corrected chi connectivity index (χ3v) is 1.22. The molecule has 1 heteroatoms. The van der Waals surface area contributed by atoms with Crippen LogP contribution in [-0.4, -0.2) is 10.1 Å². The second-order valence-electron chi connectivity index (χ2n) is 2.15. The molecule has 0 aliphatic rings. The van der Waals surface area contributed by atoms with Crippen LogP contribution in [0, 0.1) is 13.8 Å². The average Bonchev–Trinajstić information content (AvgIpc) is 1.77. The molecule has 1 aromatic carbocycles. The number of hydrogen-bond acceptors (Lipinski definition) is 0. The van der Waals surface area contributed by atoms with Gasteiger partial charge >= 0.3 is 10.1 Å². The summed E-state index contributed by atoms with van der Waals surface area (Å²) in [5.41, 5.74) is 2.66. The summed E-state index contributed by atoms with van der Waals surface area (Å²) in [4.78, 5) is 0. The van der Waals surface area contributed by atoms with Crippen molar-refractivity contribution in [2.75, 3.05) is 0 Å². The number of benzene rings is 1. The van der Waals surface area contributed by atoms with Gasteiger partial charge in [0.2, 0.25) is 0 Å². The first-order chi connectivity index (χ1) is 3.79. The Bertz CT molecular complexity index is 143. The summed E-state index contributed by atoms with van der Waals surface area (Å²) >= 11 is 0. The maximum absolute atomic E-state index is 2.12. The van der Waals surface area contributed by atoms with E-state index in [9.17, 15) is 0 Å². The van der Waals surface area contributed by atoms with Gasteiger partial charge in [-0.25, -0.2) is 0 Å². The Morgan fingerprint density at radius 1 is 0.778 bits per heavy atom. The first-order valence-corrected chi connectivity index (χ1v) is 2.82. The molecule has 0 heterocycles. The van der Waals surface area contributed by atoms with Gasteiger partial charge in [-0.2, -0.15) is 0 Å². The molecule has 1 rings (SSSR count). The zero-order chi connectivity index (χ0) is 5.98. The maximum atomic E-state index is 2.12. The van der Waals surface area contributed by atoms with Gasteiger partial charge in [0.15, 0.2) is 0 Å². The minimum absolute atomic E-state index is 0. The van der Waals surface area contributed by atoms with Gasteiger partial charge in [0.1, 0.15) is 0 Å². The third-order valence-electron chi connectivity index (χ3n) is 1.22. The van der Waals surface area contributed by atoms with Crippen molar-refractivity contribution in [3.8, 4) is 0 Å². The zero-order valence-electron chi connectivity index (χ0n) is 5.31. The standard InChI is InChI=1S/C8H10.Be.2H/c1-7-3-5-8(2)6-4-7;;;/h3-6H,1-2H3;;;. The van der Waals surface area contributed by atoms with Gasteiger partial charge in [0.25, 0.3) is 0 Å². The summed E-state index contributed by atoms with van der Waals surface area (Å²) in [5, 5.41) is 0. The fraction of sp³-hybridized carbons (Fsp3) is 0.250. The normalized spacial score (nSPS) is 8.22. The number of rotatable bonds is 0. The van der Waals surface area contributed by atoms with Crippen LogP contribution in [-0.2, 0) is 0 Å². The second-order valence-corrected chi connectivity index (χ2v) is 2.15. The van der Waals surface area contributed by atoms with Crippen LogP contribution in [0.25, 0.3) is 0 Å². The second kappa shape index (κ2) is 3.42. The van der Waals surface area contributed by atoms with Crippen molar-refractivity contribution >= 4 is 10.1 Å². The number of aryl methyl sites for hydroxylation is 2. The molecule has 0 saturated heterocycles. The van der Waals surface area contributed by atoms with E-state index >= 15 is 0 Å². The number of hydrogen-bond donors (Lipinski definition) is 0.